The van der Waals surface area contributed by atoms with Crippen molar-refractivity contribution in [3.63, 3.8) is 0 Å². The third-order valence-corrected chi connectivity index (χ3v) is 5.59. The predicted molar refractivity (Wildman–Crippen MR) is 95.6 cm³/mol. The molecule has 0 saturated carbocycles. The molecule has 2 aliphatic rings. The van der Waals surface area contributed by atoms with Crippen molar-refractivity contribution < 1.29 is 13.9 Å². The number of hydrogen-bond donors (Lipinski definition) is 0. The first kappa shape index (κ1) is 17.2. The fraction of sp³-hybridized carbons (Fsp3) is 0.611. The van der Waals surface area contributed by atoms with Gasteiger partial charge < -0.3 is 13.9 Å². The molecule has 0 N–H and O–H groups in total. The molecule has 2 fully saturated rings. The summed E-state index contributed by atoms with van der Waals surface area (Å²) < 4.78 is 17.7. The lowest BCUT2D eigenvalue weighted by Crippen LogP contribution is -2.58. The van der Waals surface area contributed by atoms with Crippen molar-refractivity contribution in [3.05, 3.63) is 40.2 Å². The molecule has 4 heterocycles. The van der Waals surface area contributed by atoms with Gasteiger partial charge in [0.05, 0.1) is 43.3 Å². The summed E-state index contributed by atoms with van der Waals surface area (Å²) in [5, 5.41) is 3.27. The number of hydrogen-bond acceptors (Lipinski definition) is 7. The van der Waals surface area contributed by atoms with E-state index in [0.29, 0.717) is 6.61 Å². The molecule has 1 spiro atoms. The van der Waals surface area contributed by atoms with E-state index in [0.717, 1.165) is 68.9 Å². The Morgan fingerprint density at radius 1 is 1.20 bits per heavy atom. The molecule has 0 aromatic carbocycles. The van der Waals surface area contributed by atoms with E-state index in [1.54, 1.807) is 17.6 Å². The summed E-state index contributed by atoms with van der Waals surface area (Å²) in [6.07, 6.45) is 1.73. The van der Waals surface area contributed by atoms with Gasteiger partial charge in [-0.2, -0.15) is 0 Å². The smallest absolute Gasteiger partial charge is 0.117 e. The fourth-order valence-corrected chi connectivity index (χ4v) is 4.30. The minimum Gasteiger partial charge on any atom is -0.468 e. The van der Waals surface area contributed by atoms with E-state index in [1.807, 2.05) is 12.1 Å². The van der Waals surface area contributed by atoms with Crippen LogP contribution >= 0.6 is 11.3 Å². The SMILES string of the molecule is Cc1nc(CN2CCOCC3(C2)CN(Cc2ccco2)CCO3)cs1. The Morgan fingerprint density at radius 3 is 2.80 bits per heavy atom. The summed E-state index contributed by atoms with van der Waals surface area (Å²) in [4.78, 5) is 9.43. The van der Waals surface area contributed by atoms with E-state index >= 15 is 0 Å². The maximum atomic E-state index is 6.25. The molecule has 0 aliphatic carbocycles. The molecule has 136 valence electrons. The average Bonchev–Trinajstić information content (AvgIpc) is 3.19. The molecule has 0 bridgehead atoms. The number of ether oxygens (including phenoxy) is 2. The van der Waals surface area contributed by atoms with Gasteiger partial charge in [0, 0.05) is 38.1 Å². The number of morpholine rings is 1. The fourth-order valence-electron chi connectivity index (χ4n) is 3.69. The van der Waals surface area contributed by atoms with Gasteiger partial charge in [0.15, 0.2) is 0 Å². The van der Waals surface area contributed by atoms with Crippen LogP contribution in [0.5, 0.6) is 0 Å². The minimum absolute atomic E-state index is 0.271. The molecule has 6 nitrogen and oxygen atoms in total. The Kier molecular flexibility index (Phi) is 5.19. The lowest BCUT2D eigenvalue weighted by atomic mass is 10.0. The van der Waals surface area contributed by atoms with Crippen LogP contribution in [0.15, 0.2) is 28.2 Å². The number of rotatable bonds is 4. The Labute approximate surface area is 152 Å². The van der Waals surface area contributed by atoms with Crippen molar-refractivity contribution in [3.8, 4) is 0 Å². The van der Waals surface area contributed by atoms with Gasteiger partial charge >= 0.3 is 0 Å². The molecule has 2 aliphatic heterocycles. The van der Waals surface area contributed by atoms with Crippen LogP contribution in [0.4, 0.5) is 0 Å². The number of thiazole rings is 1. The molecule has 0 amide bonds. The van der Waals surface area contributed by atoms with Gasteiger partial charge in [-0.1, -0.05) is 0 Å². The van der Waals surface area contributed by atoms with Crippen molar-refractivity contribution >= 4 is 11.3 Å². The van der Waals surface area contributed by atoms with Crippen LogP contribution in [0.2, 0.25) is 0 Å². The summed E-state index contributed by atoms with van der Waals surface area (Å²) in [7, 11) is 0. The molecular formula is C18H25N3O3S. The minimum atomic E-state index is -0.271. The van der Waals surface area contributed by atoms with Crippen molar-refractivity contribution in [1.82, 2.24) is 14.8 Å². The first-order chi connectivity index (χ1) is 12.2. The largest absolute Gasteiger partial charge is 0.468 e. The van der Waals surface area contributed by atoms with E-state index in [1.165, 1.54) is 0 Å². The van der Waals surface area contributed by atoms with Gasteiger partial charge in [-0.15, -0.1) is 11.3 Å². The molecule has 25 heavy (non-hydrogen) atoms. The molecule has 2 aromatic rings. The van der Waals surface area contributed by atoms with Gasteiger partial charge in [-0.25, -0.2) is 4.98 Å². The first-order valence-corrected chi connectivity index (χ1v) is 9.69. The third-order valence-electron chi connectivity index (χ3n) is 4.77. The average molecular weight is 363 g/mol. The second-order valence-electron chi connectivity index (χ2n) is 6.94. The zero-order valence-corrected chi connectivity index (χ0v) is 15.5. The van der Waals surface area contributed by atoms with E-state index in [4.69, 9.17) is 13.9 Å². The van der Waals surface area contributed by atoms with Crippen LogP contribution in [0.1, 0.15) is 16.5 Å². The molecule has 0 radical (unpaired) electrons. The van der Waals surface area contributed by atoms with Crippen LogP contribution in [0, 0.1) is 6.92 Å². The van der Waals surface area contributed by atoms with Gasteiger partial charge in [-0.3, -0.25) is 9.80 Å². The van der Waals surface area contributed by atoms with E-state index < -0.39 is 0 Å². The summed E-state index contributed by atoms with van der Waals surface area (Å²) in [5.74, 6) is 1.00. The monoisotopic (exact) mass is 363 g/mol. The van der Waals surface area contributed by atoms with E-state index in [-0.39, 0.29) is 5.60 Å². The standard InChI is InChI=1S/C18H25N3O3S/c1-15-19-16(11-25-15)9-20-4-7-22-14-18(12-20)13-21(5-8-24-18)10-17-3-2-6-23-17/h2-3,6,11H,4-5,7-10,12-14H2,1H3. The quantitative estimate of drug-likeness (QED) is 0.830. The Balaban J connectivity index is 1.43. The van der Waals surface area contributed by atoms with Crippen molar-refractivity contribution in [2.45, 2.75) is 25.6 Å². The van der Waals surface area contributed by atoms with Crippen LogP contribution in [0.25, 0.3) is 0 Å². The summed E-state index contributed by atoms with van der Waals surface area (Å²) in [6, 6.07) is 3.97. The van der Waals surface area contributed by atoms with Gasteiger partial charge in [0.2, 0.25) is 0 Å². The molecule has 2 aromatic heterocycles. The lowest BCUT2D eigenvalue weighted by molar-refractivity contribution is -0.144. The predicted octanol–water partition coefficient (Wildman–Crippen LogP) is 2.15. The summed E-state index contributed by atoms with van der Waals surface area (Å²) in [5.41, 5.74) is 0.870. The number of aryl methyl sites for hydroxylation is 1. The summed E-state index contributed by atoms with van der Waals surface area (Å²) >= 11 is 1.71. The molecule has 1 unspecified atom stereocenters. The molecular weight excluding hydrogens is 338 g/mol. The van der Waals surface area contributed by atoms with Crippen molar-refractivity contribution in [2.75, 3.05) is 46.0 Å². The maximum absolute atomic E-state index is 6.25. The van der Waals surface area contributed by atoms with Crippen LogP contribution in [-0.2, 0) is 22.6 Å². The summed E-state index contributed by atoms with van der Waals surface area (Å²) in [6.45, 7) is 9.43. The second-order valence-corrected chi connectivity index (χ2v) is 8.00. The van der Waals surface area contributed by atoms with Gasteiger partial charge in [0.25, 0.3) is 0 Å². The van der Waals surface area contributed by atoms with Gasteiger partial charge in [-0.05, 0) is 19.1 Å². The van der Waals surface area contributed by atoms with Gasteiger partial charge in [0.1, 0.15) is 11.4 Å². The van der Waals surface area contributed by atoms with Crippen LogP contribution < -0.4 is 0 Å². The lowest BCUT2D eigenvalue weighted by Gasteiger charge is -2.43. The first-order valence-electron chi connectivity index (χ1n) is 8.81. The highest BCUT2D eigenvalue weighted by molar-refractivity contribution is 7.09. The second kappa shape index (κ2) is 7.55. The highest BCUT2D eigenvalue weighted by Crippen LogP contribution is 2.25. The molecule has 7 heteroatoms. The van der Waals surface area contributed by atoms with E-state index in [9.17, 15) is 0 Å². The normalized spacial score (nSPS) is 26.1. The topological polar surface area (TPSA) is 51.0 Å². The van der Waals surface area contributed by atoms with Crippen molar-refractivity contribution in [1.29, 1.82) is 0 Å². The van der Waals surface area contributed by atoms with Crippen LogP contribution in [-0.4, -0.2) is 66.4 Å². The zero-order valence-electron chi connectivity index (χ0n) is 14.6. The Bertz CT molecular complexity index is 675. The molecule has 4 rings (SSSR count). The molecule has 1 atom stereocenters. The molecule has 2 saturated heterocycles. The third kappa shape index (κ3) is 4.30. The zero-order chi connectivity index (χ0) is 17.1. The highest BCUT2D eigenvalue weighted by Gasteiger charge is 2.40. The number of aromatic nitrogens is 1. The Hall–Kier alpha value is -1.25. The number of nitrogens with zero attached hydrogens (tertiary/aromatic N) is 3. The number of furan rings is 1. The Morgan fingerprint density at radius 2 is 2.04 bits per heavy atom. The maximum Gasteiger partial charge on any atom is 0.117 e. The van der Waals surface area contributed by atoms with Crippen LogP contribution in [0.3, 0.4) is 0 Å². The van der Waals surface area contributed by atoms with E-state index in [2.05, 4.69) is 27.1 Å². The highest BCUT2D eigenvalue weighted by atomic mass is 32.1. The van der Waals surface area contributed by atoms with Crippen molar-refractivity contribution in [2.24, 2.45) is 0 Å².